The average Bonchev–Trinajstić information content (AvgIpc) is 2.15. The number of benzene rings is 1. The fraction of sp³-hybridized carbons (Fsp3) is 0.182. The molecule has 0 aromatic heterocycles. The number of hydrogen-bond donors (Lipinski definition) is 0. The molecule has 1 nitrogen and oxygen atoms in total. The van der Waals surface area contributed by atoms with Gasteiger partial charge >= 0.3 is 0 Å². The molecule has 1 atom stereocenters. The molecule has 1 aromatic rings. The Bertz CT molecular complexity index is 301. The van der Waals surface area contributed by atoms with Crippen LogP contribution in [0.2, 0.25) is 0 Å². The van der Waals surface area contributed by atoms with Crippen molar-refractivity contribution in [3.05, 3.63) is 42.0 Å². The molecule has 1 rings (SSSR count). The molecule has 0 amide bonds. The van der Waals surface area contributed by atoms with Crippen LogP contribution >= 0.6 is 11.6 Å². The molecule has 0 saturated heterocycles. The van der Waals surface area contributed by atoms with E-state index in [2.05, 4.69) is 0 Å². The molecule has 0 N–H and O–H groups in total. The molecule has 68 valence electrons. The molecule has 1 aromatic carbocycles. The summed E-state index contributed by atoms with van der Waals surface area (Å²) in [5.41, 5.74) is 1.01. The lowest BCUT2D eigenvalue weighted by Gasteiger charge is -1.94. The monoisotopic (exact) mass is 194 g/mol. The highest BCUT2D eigenvalue weighted by molar-refractivity contribution is 6.32. The molecule has 13 heavy (non-hydrogen) atoms. The Balaban J connectivity index is 2.64. The SMILES string of the molecule is CC(Cl)C(=O)/C=C/c1ccccc1. The van der Waals surface area contributed by atoms with Crippen molar-refractivity contribution in [1.82, 2.24) is 0 Å². The summed E-state index contributed by atoms with van der Waals surface area (Å²) >= 11 is 5.59. The second kappa shape index (κ2) is 4.83. The normalized spacial score (nSPS) is 13.1. The lowest BCUT2D eigenvalue weighted by Crippen LogP contribution is -2.05. The van der Waals surface area contributed by atoms with Crippen LogP contribution in [0.15, 0.2) is 36.4 Å². The summed E-state index contributed by atoms with van der Waals surface area (Å²) in [7, 11) is 0. The van der Waals surface area contributed by atoms with Crippen LogP contribution in [-0.2, 0) is 4.79 Å². The number of alkyl halides is 1. The molecule has 0 bridgehead atoms. The fourth-order valence-electron chi connectivity index (χ4n) is 0.875. The molecule has 2 heteroatoms. The maximum atomic E-state index is 11.1. The van der Waals surface area contributed by atoms with Gasteiger partial charge in [0.2, 0.25) is 0 Å². The molecule has 1 unspecified atom stereocenters. The minimum absolute atomic E-state index is 0.0643. The van der Waals surface area contributed by atoms with Crippen LogP contribution in [0.25, 0.3) is 6.08 Å². The van der Waals surface area contributed by atoms with Crippen molar-refractivity contribution >= 4 is 23.5 Å². The third-order valence-electron chi connectivity index (χ3n) is 1.63. The van der Waals surface area contributed by atoms with Crippen LogP contribution in [0.3, 0.4) is 0 Å². The molecule has 0 aliphatic rings. The van der Waals surface area contributed by atoms with Gasteiger partial charge in [-0.05, 0) is 18.6 Å². The summed E-state index contributed by atoms with van der Waals surface area (Å²) in [6.07, 6.45) is 3.27. The molecule has 0 saturated carbocycles. The minimum Gasteiger partial charge on any atom is -0.293 e. The molecule has 0 heterocycles. The smallest absolute Gasteiger partial charge is 0.173 e. The Morgan fingerprint density at radius 1 is 1.38 bits per heavy atom. The largest absolute Gasteiger partial charge is 0.293 e. The van der Waals surface area contributed by atoms with Gasteiger partial charge in [-0.1, -0.05) is 36.4 Å². The molecule has 0 aliphatic heterocycles. The first-order valence-corrected chi connectivity index (χ1v) is 4.55. The van der Waals surface area contributed by atoms with Gasteiger partial charge in [-0.3, -0.25) is 4.79 Å². The van der Waals surface area contributed by atoms with Crippen LogP contribution < -0.4 is 0 Å². The second-order valence-electron chi connectivity index (χ2n) is 2.76. The van der Waals surface area contributed by atoms with Crippen molar-refractivity contribution in [2.45, 2.75) is 12.3 Å². The van der Waals surface area contributed by atoms with Crippen LogP contribution in [0.1, 0.15) is 12.5 Å². The summed E-state index contributed by atoms with van der Waals surface area (Å²) in [5.74, 6) is -0.0643. The first-order valence-electron chi connectivity index (χ1n) is 4.11. The van der Waals surface area contributed by atoms with Gasteiger partial charge in [0.1, 0.15) is 0 Å². The summed E-state index contributed by atoms with van der Waals surface area (Å²) in [4.78, 5) is 11.1. The lowest BCUT2D eigenvalue weighted by molar-refractivity contribution is -0.113. The zero-order chi connectivity index (χ0) is 9.68. The summed E-state index contributed by atoms with van der Waals surface area (Å²) < 4.78 is 0. The van der Waals surface area contributed by atoms with Crippen molar-refractivity contribution < 1.29 is 4.79 Å². The van der Waals surface area contributed by atoms with E-state index in [1.165, 1.54) is 6.08 Å². The average molecular weight is 195 g/mol. The molecular formula is C11H11ClO. The van der Waals surface area contributed by atoms with E-state index in [-0.39, 0.29) is 5.78 Å². The van der Waals surface area contributed by atoms with Gasteiger partial charge < -0.3 is 0 Å². The number of carbonyl (C=O) groups is 1. The number of hydrogen-bond acceptors (Lipinski definition) is 1. The first-order chi connectivity index (χ1) is 6.20. The molecule has 0 aliphatic carbocycles. The molecule has 0 spiro atoms. The van der Waals surface area contributed by atoms with E-state index >= 15 is 0 Å². The van der Waals surface area contributed by atoms with Crippen LogP contribution in [0.4, 0.5) is 0 Å². The van der Waals surface area contributed by atoms with Gasteiger partial charge in [0.25, 0.3) is 0 Å². The quantitative estimate of drug-likeness (QED) is 0.534. The third kappa shape index (κ3) is 3.43. The van der Waals surface area contributed by atoms with Gasteiger partial charge in [0, 0.05) is 0 Å². The predicted molar refractivity (Wildman–Crippen MR) is 55.8 cm³/mol. The second-order valence-corrected chi connectivity index (χ2v) is 3.42. The topological polar surface area (TPSA) is 17.1 Å². The highest BCUT2D eigenvalue weighted by Gasteiger charge is 2.03. The summed E-state index contributed by atoms with van der Waals surface area (Å²) in [6.45, 7) is 1.67. The number of ketones is 1. The van der Waals surface area contributed by atoms with Gasteiger partial charge in [-0.25, -0.2) is 0 Å². The standard InChI is InChI=1S/C11H11ClO/c1-9(12)11(13)8-7-10-5-3-2-4-6-10/h2-9H,1H3/b8-7+. The number of carbonyl (C=O) groups excluding carboxylic acids is 1. The van der Waals surface area contributed by atoms with E-state index < -0.39 is 5.38 Å². The van der Waals surface area contributed by atoms with Crippen molar-refractivity contribution in [2.75, 3.05) is 0 Å². The lowest BCUT2D eigenvalue weighted by atomic mass is 10.2. The van der Waals surface area contributed by atoms with E-state index in [9.17, 15) is 4.79 Å². The van der Waals surface area contributed by atoms with Gasteiger partial charge in [0.05, 0.1) is 5.38 Å². The van der Waals surface area contributed by atoms with E-state index in [0.29, 0.717) is 0 Å². The van der Waals surface area contributed by atoms with Crippen molar-refractivity contribution in [2.24, 2.45) is 0 Å². The van der Waals surface area contributed by atoms with Crippen LogP contribution in [0, 0.1) is 0 Å². The zero-order valence-electron chi connectivity index (χ0n) is 7.41. The highest BCUT2D eigenvalue weighted by atomic mass is 35.5. The maximum absolute atomic E-state index is 11.1. The Kier molecular flexibility index (Phi) is 3.71. The number of rotatable bonds is 3. The Morgan fingerprint density at radius 3 is 2.54 bits per heavy atom. The van der Waals surface area contributed by atoms with Crippen LogP contribution in [0.5, 0.6) is 0 Å². The Morgan fingerprint density at radius 2 is 2.00 bits per heavy atom. The Hall–Kier alpha value is -1.08. The summed E-state index contributed by atoms with van der Waals surface area (Å²) in [6, 6.07) is 9.65. The fourth-order valence-corrected chi connectivity index (χ4v) is 0.948. The summed E-state index contributed by atoms with van der Waals surface area (Å²) in [5, 5.41) is -0.444. The van der Waals surface area contributed by atoms with Crippen molar-refractivity contribution in [3.63, 3.8) is 0 Å². The molecule has 0 radical (unpaired) electrons. The highest BCUT2D eigenvalue weighted by Crippen LogP contribution is 2.03. The number of halogens is 1. The predicted octanol–water partition coefficient (Wildman–Crippen LogP) is 2.90. The van der Waals surface area contributed by atoms with Crippen molar-refractivity contribution in [3.8, 4) is 0 Å². The van der Waals surface area contributed by atoms with E-state index in [0.717, 1.165) is 5.56 Å². The maximum Gasteiger partial charge on any atom is 0.173 e. The number of allylic oxidation sites excluding steroid dienone is 1. The van der Waals surface area contributed by atoms with E-state index in [4.69, 9.17) is 11.6 Å². The third-order valence-corrected chi connectivity index (χ3v) is 1.85. The van der Waals surface area contributed by atoms with Gasteiger partial charge in [-0.15, -0.1) is 11.6 Å². The first kappa shape index (κ1) is 10.0. The van der Waals surface area contributed by atoms with E-state index in [1.807, 2.05) is 30.3 Å². The zero-order valence-corrected chi connectivity index (χ0v) is 8.16. The van der Waals surface area contributed by atoms with Gasteiger partial charge in [-0.2, -0.15) is 0 Å². The minimum atomic E-state index is -0.444. The molecular weight excluding hydrogens is 184 g/mol. The Labute approximate surface area is 83.0 Å². The van der Waals surface area contributed by atoms with E-state index in [1.54, 1.807) is 13.0 Å². The molecule has 0 fully saturated rings. The van der Waals surface area contributed by atoms with Crippen LogP contribution in [-0.4, -0.2) is 11.2 Å². The van der Waals surface area contributed by atoms with Crippen molar-refractivity contribution in [1.29, 1.82) is 0 Å². The van der Waals surface area contributed by atoms with Gasteiger partial charge in [0.15, 0.2) is 5.78 Å².